The molecule has 0 amide bonds. The molecule has 1 heterocycles. The number of allylic oxidation sites excluding steroid dienone is 1. The van der Waals surface area contributed by atoms with Gasteiger partial charge >= 0.3 is 11.9 Å². The third kappa shape index (κ3) is 4.20. The number of hydrazone groups is 1. The minimum absolute atomic E-state index is 0.0216. The van der Waals surface area contributed by atoms with Gasteiger partial charge in [-0.25, -0.2) is 14.6 Å². The average Bonchev–Trinajstić information content (AvgIpc) is 2.77. The number of hydrogen-bond acceptors (Lipinski definition) is 7. The van der Waals surface area contributed by atoms with Gasteiger partial charge in [-0.1, -0.05) is 41.9 Å². The second-order valence-corrected chi connectivity index (χ2v) is 6.45. The van der Waals surface area contributed by atoms with Crippen molar-refractivity contribution in [1.82, 2.24) is 0 Å². The fraction of sp³-hybridized carbons (Fsp3) is 0.143. The first-order chi connectivity index (χ1) is 14.0. The number of carbonyl (C=O) groups is 3. The van der Waals surface area contributed by atoms with Crippen LogP contribution in [0, 0.1) is 0 Å². The SMILES string of the molecule is COC(=O)C1=CC(C(=O)c2ccccc2)=NN(c2ccc(Cl)cc2)[C@@H]1C(=O)OC. The predicted molar refractivity (Wildman–Crippen MR) is 108 cm³/mol. The molecule has 0 unspecified atom stereocenters. The van der Waals surface area contributed by atoms with E-state index >= 15 is 0 Å². The number of nitrogens with zero attached hydrogens (tertiary/aromatic N) is 2. The lowest BCUT2D eigenvalue weighted by Gasteiger charge is -2.31. The summed E-state index contributed by atoms with van der Waals surface area (Å²) in [5.74, 6) is -1.91. The van der Waals surface area contributed by atoms with Gasteiger partial charge in [-0.3, -0.25) is 4.79 Å². The summed E-state index contributed by atoms with van der Waals surface area (Å²) in [4.78, 5) is 37.9. The molecule has 0 fully saturated rings. The molecule has 0 spiro atoms. The lowest BCUT2D eigenvalue weighted by atomic mass is 9.98. The van der Waals surface area contributed by atoms with Gasteiger partial charge in [-0.15, -0.1) is 0 Å². The van der Waals surface area contributed by atoms with Crippen molar-refractivity contribution in [2.24, 2.45) is 5.10 Å². The van der Waals surface area contributed by atoms with E-state index in [4.69, 9.17) is 21.1 Å². The van der Waals surface area contributed by atoms with Crippen LogP contribution < -0.4 is 5.01 Å². The summed E-state index contributed by atoms with van der Waals surface area (Å²) in [6.07, 6.45) is 1.26. The molecule has 3 rings (SSSR count). The van der Waals surface area contributed by atoms with Gasteiger partial charge in [0.05, 0.1) is 25.5 Å². The van der Waals surface area contributed by atoms with Gasteiger partial charge in [-0.05, 0) is 30.3 Å². The highest BCUT2D eigenvalue weighted by molar-refractivity contribution is 6.50. The largest absolute Gasteiger partial charge is 0.467 e. The van der Waals surface area contributed by atoms with E-state index in [-0.39, 0.29) is 11.3 Å². The van der Waals surface area contributed by atoms with Crippen LogP contribution in [0.3, 0.4) is 0 Å². The van der Waals surface area contributed by atoms with E-state index in [1.165, 1.54) is 25.3 Å². The zero-order chi connectivity index (χ0) is 21.0. The Kier molecular flexibility index (Phi) is 6.09. The molecule has 2 aromatic rings. The lowest BCUT2D eigenvalue weighted by molar-refractivity contribution is -0.144. The zero-order valence-corrected chi connectivity index (χ0v) is 16.4. The van der Waals surface area contributed by atoms with Crippen LogP contribution in [0.25, 0.3) is 0 Å². The zero-order valence-electron chi connectivity index (χ0n) is 15.7. The van der Waals surface area contributed by atoms with Gasteiger partial charge < -0.3 is 9.47 Å². The normalized spacial score (nSPS) is 15.8. The third-order valence-electron chi connectivity index (χ3n) is 4.25. The van der Waals surface area contributed by atoms with Crippen molar-refractivity contribution in [3.8, 4) is 0 Å². The molecular formula is C21H17ClN2O5. The Labute approximate surface area is 172 Å². The Morgan fingerprint density at radius 1 is 0.966 bits per heavy atom. The molecule has 0 saturated heterocycles. The van der Waals surface area contributed by atoms with Gasteiger partial charge in [0, 0.05) is 10.6 Å². The molecule has 8 heteroatoms. The molecule has 148 valence electrons. The number of hydrogen-bond donors (Lipinski definition) is 0. The molecule has 7 nitrogen and oxygen atoms in total. The minimum Gasteiger partial charge on any atom is -0.467 e. The van der Waals surface area contributed by atoms with Gasteiger partial charge in [0.25, 0.3) is 0 Å². The van der Waals surface area contributed by atoms with Crippen LogP contribution in [-0.2, 0) is 19.1 Å². The van der Waals surface area contributed by atoms with E-state index in [1.54, 1.807) is 54.6 Å². The van der Waals surface area contributed by atoms with E-state index in [0.29, 0.717) is 16.3 Å². The van der Waals surface area contributed by atoms with Crippen LogP contribution in [0.2, 0.25) is 5.02 Å². The number of Topliss-reactive ketones (excluding diaryl/α,β-unsaturated/α-hetero) is 1. The molecule has 2 aromatic carbocycles. The Morgan fingerprint density at radius 2 is 1.62 bits per heavy atom. The smallest absolute Gasteiger partial charge is 0.336 e. The van der Waals surface area contributed by atoms with E-state index in [9.17, 15) is 14.4 Å². The Balaban J connectivity index is 2.15. The maximum absolute atomic E-state index is 12.9. The highest BCUT2D eigenvalue weighted by Gasteiger charge is 2.39. The molecule has 29 heavy (non-hydrogen) atoms. The number of benzene rings is 2. The highest BCUT2D eigenvalue weighted by Crippen LogP contribution is 2.28. The van der Waals surface area contributed by atoms with Crippen LogP contribution >= 0.6 is 11.6 Å². The van der Waals surface area contributed by atoms with E-state index in [0.717, 1.165) is 0 Å². The van der Waals surface area contributed by atoms with Crippen molar-refractivity contribution in [2.45, 2.75) is 6.04 Å². The molecule has 0 saturated carbocycles. The molecule has 0 bridgehead atoms. The lowest BCUT2D eigenvalue weighted by Crippen LogP contribution is -2.46. The standard InChI is InChI=1S/C21H17ClN2O5/c1-28-20(26)16-12-17(19(25)13-6-4-3-5-7-13)23-24(18(16)21(27)29-2)15-10-8-14(22)9-11-15/h3-12,18H,1-2H3/t18-/m0/s1. The number of methoxy groups -OCH3 is 2. The molecule has 1 atom stereocenters. The Hall–Kier alpha value is -3.45. The van der Waals surface area contributed by atoms with Gasteiger partial charge in [0.2, 0.25) is 5.78 Å². The van der Waals surface area contributed by atoms with Crippen LogP contribution in [0.5, 0.6) is 0 Å². The quantitative estimate of drug-likeness (QED) is 0.554. The molecular weight excluding hydrogens is 396 g/mol. The number of esters is 2. The topological polar surface area (TPSA) is 85.3 Å². The second kappa shape index (κ2) is 8.70. The maximum Gasteiger partial charge on any atom is 0.336 e. The fourth-order valence-electron chi connectivity index (χ4n) is 2.84. The first-order valence-corrected chi connectivity index (χ1v) is 8.95. The van der Waals surface area contributed by atoms with E-state index in [2.05, 4.69) is 5.10 Å². The van der Waals surface area contributed by atoms with Gasteiger partial charge in [0.1, 0.15) is 5.71 Å². The van der Waals surface area contributed by atoms with Gasteiger partial charge in [-0.2, -0.15) is 5.10 Å². The van der Waals surface area contributed by atoms with Crippen LogP contribution in [0.1, 0.15) is 10.4 Å². The monoisotopic (exact) mass is 412 g/mol. The van der Waals surface area contributed by atoms with Crippen molar-refractivity contribution >= 4 is 40.7 Å². The van der Waals surface area contributed by atoms with Crippen LogP contribution in [0.4, 0.5) is 5.69 Å². The number of halogens is 1. The number of ketones is 1. The van der Waals surface area contributed by atoms with Crippen molar-refractivity contribution < 1.29 is 23.9 Å². The molecule has 0 radical (unpaired) electrons. The summed E-state index contributed by atoms with van der Waals surface area (Å²) < 4.78 is 9.68. The van der Waals surface area contributed by atoms with Crippen molar-refractivity contribution in [1.29, 1.82) is 0 Å². The Bertz CT molecular complexity index is 999. The van der Waals surface area contributed by atoms with E-state index in [1.807, 2.05) is 0 Å². The van der Waals surface area contributed by atoms with Crippen molar-refractivity contribution in [2.75, 3.05) is 19.2 Å². The van der Waals surface area contributed by atoms with Crippen molar-refractivity contribution in [3.05, 3.63) is 76.8 Å². The number of rotatable bonds is 5. The predicted octanol–water partition coefficient (Wildman–Crippen LogP) is 3.04. The minimum atomic E-state index is -1.22. The number of carbonyl (C=O) groups excluding carboxylic acids is 3. The molecule has 0 N–H and O–H groups in total. The molecule has 0 aromatic heterocycles. The first-order valence-electron chi connectivity index (χ1n) is 8.57. The summed E-state index contributed by atoms with van der Waals surface area (Å²) >= 11 is 5.95. The fourth-order valence-corrected chi connectivity index (χ4v) is 2.96. The molecule has 1 aliphatic heterocycles. The van der Waals surface area contributed by atoms with Gasteiger partial charge in [0.15, 0.2) is 6.04 Å². The average molecular weight is 413 g/mol. The third-order valence-corrected chi connectivity index (χ3v) is 4.50. The van der Waals surface area contributed by atoms with Crippen molar-refractivity contribution in [3.63, 3.8) is 0 Å². The molecule has 0 aliphatic carbocycles. The van der Waals surface area contributed by atoms with Crippen LogP contribution in [-0.4, -0.2) is 43.7 Å². The Morgan fingerprint density at radius 3 is 2.21 bits per heavy atom. The summed E-state index contributed by atoms with van der Waals surface area (Å²) in [6, 6.07) is 13.7. The van der Waals surface area contributed by atoms with Crippen LogP contribution in [0.15, 0.2) is 71.3 Å². The molecule has 1 aliphatic rings. The summed E-state index contributed by atoms with van der Waals surface area (Å²) in [5.41, 5.74) is 0.743. The summed E-state index contributed by atoms with van der Waals surface area (Å²) in [5, 5.41) is 6.08. The maximum atomic E-state index is 12.9. The summed E-state index contributed by atoms with van der Waals surface area (Å²) in [6.45, 7) is 0. The number of anilines is 1. The first kappa shape index (κ1) is 20.3. The number of ether oxygens (including phenoxy) is 2. The highest BCUT2D eigenvalue weighted by atomic mass is 35.5. The summed E-state index contributed by atoms with van der Waals surface area (Å²) in [7, 11) is 2.39. The van der Waals surface area contributed by atoms with E-state index < -0.39 is 23.8 Å². The second-order valence-electron chi connectivity index (χ2n) is 6.02.